The molecule has 0 amide bonds. The van der Waals surface area contributed by atoms with Gasteiger partial charge < -0.3 is 9.47 Å². The van der Waals surface area contributed by atoms with E-state index in [0.717, 1.165) is 11.1 Å². The molecule has 0 saturated heterocycles. The molecule has 0 spiro atoms. The lowest BCUT2D eigenvalue weighted by Crippen LogP contribution is -1.97. The predicted octanol–water partition coefficient (Wildman–Crippen LogP) is 5.60. The largest absolute Gasteiger partial charge is 0.429 e. The number of aromatic nitrogens is 3. The Morgan fingerprint density at radius 3 is 1.92 bits per heavy atom. The van der Waals surface area contributed by atoms with Crippen molar-refractivity contribution in [2.24, 2.45) is 0 Å². The van der Waals surface area contributed by atoms with Gasteiger partial charge in [-0.1, -0.05) is 48.6 Å². The zero-order valence-electron chi connectivity index (χ0n) is 18.9. The van der Waals surface area contributed by atoms with Crippen LogP contribution in [0.25, 0.3) is 45.7 Å². The summed E-state index contributed by atoms with van der Waals surface area (Å²) >= 11 is 0. The number of carbonyl (C=O) groups is 2. The van der Waals surface area contributed by atoms with Gasteiger partial charge in [-0.05, 0) is 46.2 Å². The maximum atomic E-state index is 11.0. The van der Waals surface area contributed by atoms with E-state index < -0.39 is 0 Å². The molecule has 0 fully saturated rings. The quantitative estimate of drug-likeness (QED) is 0.271. The number of hydrogen-bond acceptors (Lipinski definition) is 7. The van der Waals surface area contributed by atoms with Crippen LogP contribution >= 0.6 is 0 Å². The van der Waals surface area contributed by atoms with Crippen LogP contribution in [0.5, 0.6) is 11.5 Å². The highest BCUT2D eigenvalue weighted by Crippen LogP contribution is 2.28. The summed E-state index contributed by atoms with van der Waals surface area (Å²) in [6, 6.07) is 24.7. The number of rotatable bonds is 8. The highest BCUT2D eigenvalue weighted by Gasteiger charge is 2.11. The van der Waals surface area contributed by atoms with Gasteiger partial charge in [0.15, 0.2) is 0 Å². The molecule has 0 saturated carbocycles. The van der Waals surface area contributed by atoms with Gasteiger partial charge in [-0.2, -0.15) is 0 Å². The van der Waals surface area contributed by atoms with Crippen LogP contribution in [0, 0.1) is 0 Å². The first-order valence-corrected chi connectivity index (χ1v) is 11.0. The van der Waals surface area contributed by atoms with Crippen LogP contribution in [0.2, 0.25) is 0 Å². The van der Waals surface area contributed by atoms with Crippen LogP contribution in [-0.2, 0) is 9.59 Å². The van der Waals surface area contributed by atoms with Crippen molar-refractivity contribution >= 4 is 35.9 Å². The lowest BCUT2D eigenvalue weighted by Gasteiger charge is -2.08. The number of benzene rings is 2. The average Bonchev–Trinajstić information content (AvgIpc) is 2.92. The molecule has 0 aliphatic carbocycles. The Morgan fingerprint density at radius 1 is 0.556 bits per heavy atom. The maximum Gasteiger partial charge on any atom is 0.298 e. The summed E-state index contributed by atoms with van der Waals surface area (Å²) in [6.45, 7) is 0.684. The SMILES string of the molecule is O=COc1ccnc(-c2cc(OC=O)cc(-c3cc(/C=C/c4ccc5ccccc5c4)ccn3)n2)c1. The van der Waals surface area contributed by atoms with E-state index in [1.807, 2.05) is 36.4 Å². The van der Waals surface area contributed by atoms with E-state index in [9.17, 15) is 9.59 Å². The lowest BCUT2D eigenvalue weighted by molar-refractivity contribution is -0.121. The van der Waals surface area contributed by atoms with Crippen LogP contribution in [0.3, 0.4) is 0 Å². The van der Waals surface area contributed by atoms with E-state index in [2.05, 4.69) is 45.3 Å². The zero-order valence-corrected chi connectivity index (χ0v) is 18.9. The van der Waals surface area contributed by atoms with Crippen molar-refractivity contribution in [2.75, 3.05) is 0 Å². The van der Waals surface area contributed by atoms with Crippen LogP contribution in [-0.4, -0.2) is 27.9 Å². The maximum absolute atomic E-state index is 11.0. The second-order valence-corrected chi connectivity index (χ2v) is 7.79. The lowest BCUT2D eigenvalue weighted by atomic mass is 10.1. The molecule has 7 heteroatoms. The molecule has 36 heavy (non-hydrogen) atoms. The highest BCUT2D eigenvalue weighted by atomic mass is 16.5. The van der Waals surface area contributed by atoms with Gasteiger partial charge in [-0.15, -0.1) is 0 Å². The van der Waals surface area contributed by atoms with Gasteiger partial charge >= 0.3 is 0 Å². The van der Waals surface area contributed by atoms with Gasteiger partial charge in [0.05, 0.1) is 22.8 Å². The summed E-state index contributed by atoms with van der Waals surface area (Å²) < 4.78 is 10.0. The first kappa shape index (κ1) is 22.6. The van der Waals surface area contributed by atoms with Gasteiger partial charge in [0.2, 0.25) is 0 Å². The van der Waals surface area contributed by atoms with Crippen molar-refractivity contribution in [3.05, 3.63) is 102 Å². The standard InChI is InChI=1S/C29H19N3O4/c33-18-35-24-10-12-31-27(15-24)29-17-25(36-19-34)16-28(32-29)26-14-21(9-11-30-26)6-5-20-7-8-22-3-1-2-4-23(22)13-20/h1-19H/b6-5+. The van der Waals surface area contributed by atoms with E-state index in [1.54, 1.807) is 30.5 Å². The highest BCUT2D eigenvalue weighted by molar-refractivity contribution is 5.86. The molecular weight excluding hydrogens is 454 g/mol. The van der Waals surface area contributed by atoms with E-state index in [4.69, 9.17) is 9.47 Å². The molecule has 0 atom stereocenters. The van der Waals surface area contributed by atoms with Crippen molar-refractivity contribution in [1.82, 2.24) is 15.0 Å². The molecule has 0 unspecified atom stereocenters. The predicted molar refractivity (Wildman–Crippen MR) is 137 cm³/mol. The van der Waals surface area contributed by atoms with Crippen molar-refractivity contribution < 1.29 is 19.1 Å². The van der Waals surface area contributed by atoms with Crippen LogP contribution in [0.1, 0.15) is 11.1 Å². The van der Waals surface area contributed by atoms with Crippen LogP contribution in [0.4, 0.5) is 0 Å². The normalized spacial score (nSPS) is 10.9. The van der Waals surface area contributed by atoms with E-state index in [-0.39, 0.29) is 5.75 Å². The fraction of sp³-hybridized carbons (Fsp3) is 0. The van der Waals surface area contributed by atoms with Gasteiger partial charge in [-0.3, -0.25) is 19.6 Å². The van der Waals surface area contributed by atoms with Gasteiger partial charge in [0.25, 0.3) is 12.9 Å². The molecule has 5 rings (SSSR count). The smallest absolute Gasteiger partial charge is 0.298 e. The summed E-state index contributed by atoms with van der Waals surface area (Å²) in [5.74, 6) is 0.603. The Kier molecular flexibility index (Phi) is 6.53. The second-order valence-electron chi connectivity index (χ2n) is 7.79. The first-order chi connectivity index (χ1) is 17.7. The van der Waals surface area contributed by atoms with Gasteiger partial charge in [0.1, 0.15) is 11.5 Å². The minimum atomic E-state index is 0.285. The third-order valence-electron chi connectivity index (χ3n) is 5.45. The minimum absolute atomic E-state index is 0.285. The topological polar surface area (TPSA) is 91.3 Å². The van der Waals surface area contributed by atoms with Crippen LogP contribution < -0.4 is 9.47 Å². The second kappa shape index (κ2) is 10.4. The third kappa shape index (κ3) is 5.15. The van der Waals surface area contributed by atoms with Crippen molar-refractivity contribution in [1.29, 1.82) is 0 Å². The van der Waals surface area contributed by atoms with Crippen molar-refractivity contribution in [2.45, 2.75) is 0 Å². The molecule has 2 aromatic carbocycles. The number of nitrogens with zero attached hydrogens (tertiary/aromatic N) is 3. The molecule has 5 aromatic rings. The van der Waals surface area contributed by atoms with Crippen LogP contribution in [0.15, 0.2) is 91.3 Å². The summed E-state index contributed by atoms with van der Waals surface area (Å²) in [5.41, 5.74) is 3.97. The molecular formula is C29H19N3O4. The molecule has 0 radical (unpaired) electrons. The Balaban J connectivity index is 1.48. The molecule has 7 nitrogen and oxygen atoms in total. The van der Waals surface area contributed by atoms with E-state index in [1.165, 1.54) is 17.0 Å². The number of ether oxygens (including phenoxy) is 2. The molecule has 3 heterocycles. The van der Waals surface area contributed by atoms with Crippen molar-refractivity contribution in [3.8, 4) is 34.3 Å². The Hall–Kier alpha value is -5.17. The third-order valence-corrected chi connectivity index (χ3v) is 5.45. The molecule has 3 aromatic heterocycles. The minimum Gasteiger partial charge on any atom is -0.429 e. The number of fused-ring (bicyclic) bond motifs is 1. The van der Waals surface area contributed by atoms with E-state index in [0.29, 0.717) is 41.5 Å². The van der Waals surface area contributed by atoms with Crippen molar-refractivity contribution in [3.63, 3.8) is 0 Å². The number of carbonyl (C=O) groups excluding carboxylic acids is 2. The fourth-order valence-corrected chi connectivity index (χ4v) is 3.77. The Labute approximate surface area is 206 Å². The monoisotopic (exact) mass is 473 g/mol. The Bertz CT molecular complexity index is 1600. The van der Waals surface area contributed by atoms with Gasteiger partial charge in [0, 0.05) is 30.6 Å². The molecule has 0 bridgehead atoms. The first-order valence-electron chi connectivity index (χ1n) is 11.0. The fourth-order valence-electron chi connectivity index (χ4n) is 3.77. The number of hydrogen-bond donors (Lipinski definition) is 0. The molecule has 0 aliphatic heterocycles. The van der Waals surface area contributed by atoms with Gasteiger partial charge in [-0.25, -0.2) is 4.98 Å². The Morgan fingerprint density at radius 2 is 1.17 bits per heavy atom. The van der Waals surface area contributed by atoms with E-state index >= 15 is 0 Å². The molecule has 0 aliphatic rings. The molecule has 174 valence electrons. The summed E-state index contributed by atoms with van der Waals surface area (Å²) in [4.78, 5) is 35.1. The number of pyridine rings is 3. The summed E-state index contributed by atoms with van der Waals surface area (Å²) in [7, 11) is 0. The summed E-state index contributed by atoms with van der Waals surface area (Å²) in [5, 5.41) is 2.37. The zero-order chi connectivity index (χ0) is 24.7. The average molecular weight is 473 g/mol. The molecule has 0 N–H and O–H groups in total. The summed E-state index contributed by atoms with van der Waals surface area (Å²) in [6.07, 6.45) is 7.24.